The number of aromatic nitrogens is 3. The average Bonchev–Trinajstić information content (AvgIpc) is 2.86. The highest BCUT2D eigenvalue weighted by Crippen LogP contribution is 2.11. The van der Waals surface area contributed by atoms with E-state index >= 15 is 0 Å². The lowest BCUT2D eigenvalue weighted by atomic mass is 10.0. The fraction of sp³-hybridized carbons (Fsp3) is 0.857. The van der Waals surface area contributed by atoms with Gasteiger partial charge >= 0.3 is 0 Å². The molecule has 2 heterocycles. The predicted molar refractivity (Wildman–Crippen MR) is 76.9 cm³/mol. The first-order valence-electron chi connectivity index (χ1n) is 7.66. The molecule has 1 saturated heterocycles. The summed E-state index contributed by atoms with van der Waals surface area (Å²) in [5, 5.41) is 7.90. The highest BCUT2D eigenvalue weighted by molar-refractivity contribution is 4.86. The standard InChI is InChI=1S/C14H27N5/c1-3-7-18-9-5-13(6-10-18)15-11-14-16-12-17-19(14)8-4-2/h12-13,15H,3-11H2,1-2H3. The first-order valence-corrected chi connectivity index (χ1v) is 7.66. The highest BCUT2D eigenvalue weighted by atomic mass is 15.3. The van der Waals surface area contributed by atoms with Gasteiger partial charge in [-0.05, 0) is 45.3 Å². The second-order valence-corrected chi connectivity index (χ2v) is 5.40. The van der Waals surface area contributed by atoms with E-state index in [9.17, 15) is 0 Å². The van der Waals surface area contributed by atoms with E-state index in [4.69, 9.17) is 0 Å². The van der Waals surface area contributed by atoms with Crippen molar-refractivity contribution in [2.24, 2.45) is 0 Å². The molecular weight excluding hydrogens is 238 g/mol. The van der Waals surface area contributed by atoms with Crippen molar-refractivity contribution in [1.29, 1.82) is 0 Å². The Bertz CT molecular complexity index is 354. The molecule has 0 radical (unpaired) electrons. The molecule has 1 aliphatic rings. The molecule has 0 aromatic carbocycles. The fourth-order valence-electron chi connectivity index (χ4n) is 2.74. The van der Waals surface area contributed by atoms with Crippen LogP contribution >= 0.6 is 0 Å². The molecule has 1 fully saturated rings. The Kier molecular flexibility index (Phi) is 5.79. The third-order valence-electron chi connectivity index (χ3n) is 3.81. The van der Waals surface area contributed by atoms with Gasteiger partial charge in [0.1, 0.15) is 12.2 Å². The Hall–Kier alpha value is -0.940. The molecule has 0 unspecified atom stereocenters. The van der Waals surface area contributed by atoms with Gasteiger partial charge in [0, 0.05) is 12.6 Å². The third-order valence-corrected chi connectivity index (χ3v) is 3.81. The molecule has 5 nitrogen and oxygen atoms in total. The largest absolute Gasteiger partial charge is 0.307 e. The number of rotatable bonds is 7. The first-order chi connectivity index (χ1) is 9.33. The van der Waals surface area contributed by atoms with E-state index in [-0.39, 0.29) is 0 Å². The molecule has 1 aromatic rings. The Labute approximate surface area is 116 Å². The Morgan fingerprint density at radius 2 is 1.95 bits per heavy atom. The van der Waals surface area contributed by atoms with Gasteiger partial charge < -0.3 is 10.2 Å². The Morgan fingerprint density at radius 1 is 1.21 bits per heavy atom. The summed E-state index contributed by atoms with van der Waals surface area (Å²) in [6.07, 6.45) is 6.53. The van der Waals surface area contributed by atoms with Crippen LogP contribution in [0.4, 0.5) is 0 Å². The smallest absolute Gasteiger partial charge is 0.140 e. The normalized spacial score (nSPS) is 18.0. The third kappa shape index (κ3) is 4.28. The molecule has 1 aliphatic heterocycles. The van der Waals surface area contributed by atoms with Gasteiger partial charge in [-0.25, -0.2) is 9.67 Å². The first kappa shape index (κ1) is 14.5. The second kappa shape index (κ2) is 7.60. The summed E-state index contributed by atoms with van der Waals surface area (Å²) in [5.41, 5.74) is 0. The lowest BCUT2D eigenvalue weighted by Crippen LogP contribution is -2.42. The summed E-state index contributed by atoms with van der Waals surface area (Å²) < 4.78 is 2.01. The van der Waals surface area contributed by atoms with Crippen molar-refractivity contribution in [3.05, 3.63) is 12.2 Å². The van der Waals surface area contributed by atoms with Crippen LogP contribution in [0.1, 0.15) is 45.4 Å². The zero-order valence-electron chi connectivity index (χ0n) is 12.3. The minimum absolute atomic E-state index is 0.639. The molecule has 0 saturated carbocycles. The lowest BCUT2D eigenvalue weighted by Gasteiger charge is -2.32. The molecular formula is C14H27N5. The molecule has 5 heteroatoms. The zero-order chi connectivity index (χ0) is 13.5. The summed E-state index contributed by atoms with van der Waals surface area (Å²) in [6, 6.07) is 0.639. The maximum atomic E-state index is 4.34. The van der Waals surface area contributed by atoms with Crippen LogP contribution in [0.3, 0.4) is 0 Å². The van der Waals surface area contributed by atoms with Crippen LogP contribution in [-0.2, 0) is 13.1 Å². The second-order valence-electron chi connectivity index (χ2n) is 5.40. The van der Waals surface area contributed by atoms with Gasteiger partial charge in [0.25, 0.3) is 0 Å². The monoisotopic (exact) mass is 265 g/mol. The van der Waals surface area contributed by atoms with Gasteiger partial charge in [0.2, 0.25) is 0 Å². The summed E-state index contributed by atoms with van der Waals surface area (Å²) in [7, 11) is 0. The number of nitrogens with zero attached hydrogens (tertiary/aromatic N) is 4. The minimum Gasteiger partial charge on any atom is -0.307 e. The van der Waals surface area contributed by atoms with Gasteiger partial charge in [-0.15, -0.1) is 0 Å². The molecule has 108 valence electrons. The number of aryl methyl sites for hydroxylation is 1. The topological polar surface area (TPSA) is 46.0 Å². The van der Waals surface area contributed by atoms with E-state index in [1.165, 1.54) is 38.9 Å². The van der Waals surface area contributed by atoms with Gasteiger partial charge in [-0.3, -0.25) is 0 Å². The fourth-order valence-corrected chi connectivity index (χ4v) is 2.74. The Balaban J connectivity index is 1.72. The molecule has 0 atom stereocenters. The van der Waals surface area contributed by atoms with Crippen LogP contribution in [0.15, 0.2) is 6.33 Å². The van der Waals surface area contributed by atoms with Crippen LogP contribution in [0.5, 0.6) is 0 Å². The van der Waals surface area contributed by atoms with Crippen molar-refractivity contribution >= 4 is 0 Å². The molecule has 1 N–H and O–H groups in total. The van der Waals surface area contributed by atoms with Gasteiger partial charge in [-0.1, -0.05) is 13.8 Å². The predicted octanol–water partition coefficient (Wildman–Crippen LogP) is 1.65. The maximum absolute atomic E-state index is 4.34. The minimum atomic E-state index is 0.639. The van der Waals surface area contributed by atoms with Crippen LogP contribution in [-0.4, -0.2) is 45.3 Å². The zero-order valence-corrected chi connectivity index (χ0v) is 12.3. The van der Waals surface area contributed by atoms with Gasteiger partial charge in [0.15, 0.2) is 0 Å². The van der Waals surface area contributed by atoms with Crippen molar-refractivity contribution in [2.75, 3.05) is 19.6 Å². The highest BCUT2D eigenvalue weighted by Gasteiger charge is 2.18. The number of piperidine rings is 1. The molecule has 2 rings (SSSR count). The maximum Gasteiger partial charge on any atom is 0.140 e. The molecule has 1 aromatic heterocycles. The van der Waals surface area contributed by atoms with Crippen LogP contribution in [0, 0.1) is 0 Å². The quantitative estimate of drug-likeness (QED) is 0.814. The van der Waals surface area contributed by atoms with Crippen molar-refractivity contribution in [3.63, 3.8) is 0 Å². The van der Waals surface area contributed by atoms with Gasteiger partial charge in [-0.2, -0.15) is 5.10 Å². The van der Waals surface area contributed by atoms with Crippen molar-refractivity contribution < 1.29 is 0 Å². The summed E-state index contributed by atoms with van der Waals surface area (Å²) in [4.78, 5) is 6.91. The molecule has 0 aliphatic carbocycles. The summed E-state index contributed by atoms with van der Waals surface area (Å²) in [5.74, 6) is 1.07. The van der Waals surface area contributed by atoms with Crippen LogP contribution < -0.4 is 5.32 Å². The average molecular weight is 265 g/mol. The van der Waals surface area contributed by atoms with E-state index in [0.717, 1.165) is 25.3 Å². The van der Waals surface area contributed by atoms with E-state index in [2.05, 4.69) is 34.1 Å². The summed E-state index contributed by atoms with van der Waals surface area (Å²) in [6.45, 7) is 9.94. The number of likely N-dealkylation sites (tertiary alicyclic amines) is 1. The number of hydrogen-bond donors (Lipinski definition) is 1. The van der Waals surface area contributed by atoms with E-state index in [1.807, 2.05) is 4.68 Å². The number of nitrogens with one attached hydrogen (secondary N) is 1. The van der Waals surface area contributed by atoms with Crippen LogP contribution in [0.25, 0.3) is 0 Å². The SMILES string of the molecule is CCCN1CCC(NCc2ncnn2CCC)CC1. The summed E-state index contributed by atoms with van der Waals surface area (Å²) >= 11 is 0. The van der Waals surface area contributed by atoms with Crippen molar-refractivity contribution in [1.82, 2.24) is 25.0 Å². The number of hydrogen-bond acceptors (Lipinski definition) is 4. The van der Waals surface area contributed by atoms with E-state index < -0.39 is 0 Å². The van der Waals surface area contributed by atoms with Crippen LogP contribution in [0.2, 0.25) is 0 Å². The molecule has 0 amide bonds. The van der Waals surface area contributed by atoms with Crippen molar-refractivity contribution in [2.45, 2.75) is 58.7 Å². The van der Waals surface area contributed by atoms with Gasteiger partial charge in [0.05, 0.1) is 6.54 Å². The Morgan fingerprint density at radius 3 is 2.63 bits per heavy atom. The van der Waals surface area contributed by atoms with E-state index in [0.29, 0.717) is 6.04 Å². The molecule has 19 heavy (non-hydrogen) atoms. The van der Waals surface area contributed by atoms with E-state index in [1.54, 1.807) is 6.33 Å². The molecule has 0 spiro atoms. The van der Waals surface area contributed by atoms with Crippen molar-refractivity contribution in [3.8, 4) is 0 Å². The molecule has 0 bridgehead atoms. The lowest BCUT2D eigenvalue weighted by molar-refractivity contribution is 0.196.